The fourth-order valence-electron chi connectivity index (χ4n) is 1.23. The van der Waals surface area contributed by atoms with Crippen LogP contribution in [0.4, 0.5) is 0 Å². The van der Waals surface area contributed by atoms with Gasteiger partial charge in [0.1, 0.15) is 0 Å². The standard InChI is InChI=1S/C9H12N2O2S2/c10-11-9(12)8-6(1-2-14-8)5-15-7-3-13-4-7/h1-2,7H,3-5,10H2,(H,11,12). The number of nitrogens with two attached hydrogens (primary N) is 1. The van der Waals surface area contributed by atoms with E-state index in [4.69, 9.17) is 10.6 Å². The Hall–Kier alpha value is -0.560. The summed E-state index contributed by atoms with van der Waals surface area (Å²) < 4.78 is 5.09. The highest BCUT2D eigenvalue weighted by atomic mass is 32.2. The predicted molar refractivity (Wildman–Crippen MR) is 61.9 cm³/mol. The van der Waals surface area contributed by atoms with Gasteiger partial charge in [-0.25, -0.2) is 5.84 Å². The van der Waals surface area contributed by atoms with Crippen LogP contribution >= 0.6 is 23.1 Å². The monoisotopic (exact) mass is 244 g/mol. The van der Waals surface area contributed by atoms with E-state index in [9.17, 15) is 4.79 Å². The van der Waals surface area contributed by atoms with Crippen molar-refractivity contribution in [1.29, 1.82) is 0 Å². The van der Waals surface area contributed by atoms with Gasteiger partial charge in [-0.05, 0) is 17.0 Å². The summed E-state index contributed by atoms with van der Waals surface area (Å²) in [6.07, 6.45) is 0. The number of hydrogen-bond acceptors (Lipinski definition) is 5. The van der Waals surface area contributed by atoms with Gasteiger partial charge in [0.05, 0.1) is 23.3 Å². The second-order valence-electron chi connectivity index (χ2n) is 3.22. The largest absolute Gasteiger partial charge is 0.379 e. The molecule has 3 N–H and O–H groups in total. The molecule has 0 saturated carbocycles. The summed E-state index contributed by atoms with van der Waals surface area (Å²) in [7, 11) is 0. The molecule has 1 aromatic rings. The molecule has 0 unspecified atom stereocenters. The molecule has 0 bridgehead atoms. The summed E-state index contributed by atoms with van der Waals surface area (Å²) in [5.74, 6) is 5.75. The van der Waals surface area contributed by atoms with E-state index in [-0.39, 0.29) is 5.91 Å². The van der Waals surface area contributed by atoms with Crippen LogP contribution in [-0.2, 0) is 10.5 Å². The minimum Gasteiger partial charge on any atom is -0.379 e. The first-order chi connectivity index (χ1) is 7.31. The Kier molecular flexibility index (Phi) is 3.63. The van der Waals surface area contributed by atoms with Gasteiger partial charge < -0.3 is 4.74 Å². The normalized spacial score (nSPS) is 16.1. The van der Waals surface area contributed by atoms with E-state index in [1.807, 2.05) is 23.2 Å². The second kappa shape index (κ2) is 4.98. The molecule has 1 aliphatic heterocycles. The van der Waals surface area contributed by atoms with E-state index in [0.717, 1.165) is 24.5 Å². The van der Waals surface area contributed by atoms with E-state index in [1.165, 1.54) is 11.3 Å². The third kappa shape index (κ3) is 2.52. The molecular formula is C9H12N2O2S2. The molecule has 2 rings (SSSR count). The molecular weight excluding hydrogens is 232 g/mol. The number of thiophene rings is 1. The number of amides is 1. The quantitative estimate of drug-likeness (QED) is 0.471. The lowest BCUT2D eigenvalue weighted by molar-refractivity contribution is 0.0455. The maximum atomic E-state index is 11.4. The van der Waals surface area contributed by atoms with E-state index in [2.05, 4.69) is 5.43 Å². The molecule has 6 heteroatoms. The number of hydrazine groups is 1. The SMILES string of the molecule is NNC(=O)c1sccc1CSC1COC1. The smallest absolute Gasteiger partial charge is 0.275 e. The van der Waals surface area contributed by atoms with Crippen molar-refractivity contribution in [1.82, 2.24) is 5.43 Å². The van der Waals surface area contributed by atoms with E-state index in [1.54, 1.807) is 0 Å². The van der Waals surface area contributed by atoms with Crippen LogP contribution < -0.4 is 11.3 Å². The van der Waals surface area contributed by atoms with Crippen LogP contribution in [0.15, 0.2) is 11.4 Å². The van der Waals surface area contributed by atoms with Crippen LogP contribution in [-0.4, -0.2) is 24.4 Å². The molecule has 1 aliphatic rings. The molecule has 0 aromatic carbocycles. The molecule has 15 heavy (non-hydrogen) atoms. The van der Waals surface area contributed by atoms with Crippen LogP contribution in [0.1, 0.15) is 15.2 Å². The number of nitrogens with one attached hydrogen (secondary N) is 1. The van der Waals surface area contributed by atoms with Gasteiger partial charge in [-0.1, -0.05) is 0 Å². The minimum atomic E-state index is -0.203. The highest BCUT2D eigenvalue weighted by molar-refractivity contribution is 7.99. The van der Waals surface area contributed by atoms with Crippen molar-refractivity contribution < 1.29 is 9.53 Å². The number of nitrogen functional groups attached to an aromatic ring is 1. The maximum absolute atomic E-state index is 11.4. The summed E-state index contributed by atoms with van der Waals surface area (Å²) in [4.78, 5) is 12.1. The average Bonchev–Trinajstić information content (AvgIpc) is 2.62. The molecule has 0 radical (unpaired) electrons. The maximum Gasteiger partial charge on any atom is 0.275 e. The van der Waals surface area contributed by atoms with Crippen molar-refractivity contribution in [2.75, 3.05) is 13.2 Å². The third-order valence-electron chi connectivity index (χ3n) is 2.17. The first-order valence-electron chi connectivity index (χ1n) is 4.58. The number of thioether (sulfide) groups is 1. The lowest BCUT2D eigenvalue weighted by atomic mass is 10.3. The Morgan fingerprint density at radius 1 is 1.73 bits per heavy atom. The number of rotatable bonds is 4. The summed E-state index contributed by atoms with van der Waals surface area (Å²) >= 11 is 3.25. The number of carbonyl (C=O) groups is 1. The Bertz CT molecular complexity index is 350. The van der Waals surface area contributed by atoms with Crippen molar-refractivity contribution in [2.45, 2.75) is 11.0 Å². The Morgan fingerprint density at radius 3 is 3.13 bits per heavy atom. The highest BCUT2D eigenvalue weighted by Crippen LogP contribution is 2.27. The Morgan fingerprint density at radius 2 is 2.53 bits per heavy atom. The van der Waals surface area contributed by atoms with E-state index in [0.29, 0.717) is 10.1 Å². The second-order valence-corrected chi connectivity index (χ2v) is 5.42. The fraction of sp³-hybridized carbons (Fsp3) is 0.444. The van der Waals surface area contributed by atoms with Gasteiger partial charge in [0, 0.05) is 5.75 Å². The Labute approximate surface area is 96.1 Å². The van der Waals surface area contributed by atoms with Crippen molar-refractivity contribution >= 4 is 29.0 Å². The van der Waals surface area contributed by atoms with Crippen molar-refractivity contribution in [2.24, 2.45) is 5.84 Å². The minimum absolute atomic E-state index is 0.203. The molecule has 0 spiro atoms. The topological polar surface area (TPSA) is 64.3 Å². The molecule has 0 aliphatic carbocycles. The zero-order valence-corrected chi connectivity index (χ0v) is 9.70. The van der Waals surface area contributed by atoms with Gasteiger partial charge >= 0.3 is 0 Å². The zero-order valence-electron chi connectivity index (χ0n) is 8.06. The van der Waals surface area contributed by atoms with Crippen molar-refractivity contribution in [3.05, 3.63) is 21.9 Å². The number of ether oxygens (including phenoxy) is 1. The van der Waals surface area contributed by atoms with Crippen LogP contribution in [0.25, 0.3) is 0 Å². The lowest BCUT2D eigenvalue weighted by Crippen LogP contribution is -2.31. The predicted octanol–water partition coefficient (Wildman–Crippen LogP) is 0.984. The lowest BCUT2D eigenvalue weighted by Gasteiger charge is -2.25. The Balaban J connectivity index is 1.94. The van der Waals surface area contributed by atoms with Gasteiger partial charge in [-0.3, -0.25) is 10.2 Å². The molecule has 1 aromatic heterocycles. The first-order valence-corrected chi connectivity index (χ1v) is 6.50. The van der Waals surface area contributed by atoms with Crippen molar-refractivity contribution in [3.63, 3.8) is 0 Å². The van der Waals surface area contributed by atoms with Crippen LogP contribution in [0.5, 0.6) is 0 Å². The van der Waals surface area contributed by atoms with Gasteiger partial charge in [-0.2, -0.15) is 0 Å². The van der Waals surface area contributed by atoms with Crippen LogP contribution in [0.3, 0.4) is 0 Å². The number of hydrogen-bond donors (Lipinski definition) is 2. The molecule has 1 saturated heterocycles. The van der Waals surface area contributed by atoms with Gasteiger partial charge in [-0.15, -0.1) is 23.1 Å². The zero-order chi connectivity index (χ0) is 10.7. The van der Waals surface area contributed by atoms with E-state index < -0.39 is 0 Å². The average molecular weight is 244 g/mol. The summed E-state index contributed by atoms with van der Waals surface area (Å²) in [6, 6.07) is 1.97. The molecule has 1 fully saturated rings. The van der Waals surface area contributed by atoms with Gasteiger partial charge in [0.2, 0.25) is 0 Å². The molecule has 4 nitrogen and oxygen atoms in total. The van der Waals surface area contributed by atoms with Crippen LogP contribution in [0.2, 0.25) is 0 Å². The van der Waals surface area contributed by atoms with Gasteiger partial charge in [0.15, 0.2) is 0 Å². The summed E-state index contributed by atoms with van der Waals surface area (Å²) in [6.45, 7) is 1.65. The molecule has 1 amide bonds. The van der Waals surface area contributed by atoms with Crippen molar-refractivity contribution in [3.8, 4) is 0 Å². The third-order valence-corrected chi connectivity index (χ3v) is 4.34. The molecule has 82 valence electrons. The first kappa shape index (κ1) is 10.9. The van der Waals surface area contributed by atoms with Crippen LogP contribution in [0, 0.1) is 0 Å². The summed E-state index contributed by atoms with van der Waals surface area (Å²) in [5.41, 5.74) is 3.22. The highest BCUT2D eigenvalue weighted by Gasteiger charge is 2.20. The summed E-state index contributed by atoms with van der Waals surface area (Å²) in [5, 5.41) is 2.50. The van der Waals surface area contributed by atoms with Gasteiger partial charge in [0.25, 0.3) is 5.91 Å². The molecule has 0 atom stereocenters. The van der Waals surface area contributed by atoms with E-state index >= 15 is 0 Å². The number of carbonyl (C=O) groups excluding carboxylic acids is 1. The molecule has 2 heterocycles. The fourth-order valence-corrected chi connectivity index (χ4v) is 3.19.